The largest absolute Gasteiger partial charge is 0.367 e. The quantitative estimate of drug-likeness (QED) is 0.561. The molecule has 4 heteroatoms. The number of hydrogen-bond donors (Lipinski definition) is 3. The second-order valence-corrected chi connectivity index (χ2v) is 4.15. The van der Waals surface area contributed by atoms with Crippen molar-refractivity contribution in [1.82, 2.24) is 0 Å². The van der Waals surface area contributed by atoms with Crippen LogP contribution in [0.15, 0.2) is 24.3 Å². The minimum Gasteiger partial charge on any atom is -0.367 e. The first-order valence-corrected chi connectivity index (χ1v) is 5.03. The Morgan fingerprint density at radius 3 is 2.23 bits per heavy atom. The Labute approximate surface area is 90.7 Å². The summed E-state index contributed by atoms with van der Waals surface area (Å²) in [6.07, 6.45) is -0.964. The summed E-state index contributed by atoms with van der Waals surface area (Å²) in [5.41, 5.74) is 6.50. The summed E-state index contributed by atoms with van der Waals surface area (Å²) in [5.74, 6) is 0. The molecule has 4 N–H and O–H groups in total. The van der Waals surface area contributed by atoms with Crippen molar-refractivity contribution in [2.24, 2.45) is 5.73 Å². The highest BCUT2D eigenvalue weighted by atomic mass is 127. The molecule has 0 aliphatic heterocycles. The van der Waals surface area contributed by atoms with Crippen LogP contribution in [0.5, 0.6) is 0 Å². The first-order valence-electron chi connectivity index (χ1n) is 3.96. The van der Waals surface area contributed by atoms with Crippen LogP contribution in [-0.2, 0) is 6.42 Å². The molecule has 0 aromatic heterocycles. The molecule has 3 nitrogen and oxygen atoms in total. The molecule has 1 rings (SSSR count). The predicted octanol–water partition coefficient (Wildman–Crippen LogP) is 0.472. The Hall–Kier alpha value is -0.170. The molecular formula is C9H12INO2. The zero-order valence-corrected chi connectivity index (χ0v) is 9.18. The summed E-state index contributed by atoms with van der Waals surface area (Å²) in [7, 11) is 0. The van der Waals surface area contributed by atoms with E-state index >= 15 is 0 Å². The molecule has 0 heterocycles. The topological polar surface area (TPSA) is 66.5 Å². The molecule has 0 amide bonds. The van der Waals surface area contributed by atoms with E-state index in [2.05, 4.69) is 22.6 Å². The third-order valence-electron chi connectivity index (χ3n) is 1.77. The number of aliphatic hydroxyl groups excluding tert-OH is 1. The highest BCUT2D eigenvalue weighted by molar-refractivity contribution is 14.1. The van der Waals surface area contributed by atoms with Crippen LogP contribution in [0.1, 0.15) is 5.56 Å². The van der Waals surface area contributed by atoms with Crippen molar-refractivity contribution in [3.8, 4) is 0 Å². The van der Waals surface area contributed by atoms with Crippen molar-refractivity contribution < 1.29 is 10.2 Å². The van der Waals surface area contributed by atoms with Gasteiger partial charge in [-0.1, -0.05) is 12.1 Å². The van der Waals surface area contributed by atoms with Gasteiger partial charge in [0.2, 0.25) is 0 Å². The zero-order chi connectivity index (χ0) is 9.84. The first-order chi connectivity index (χ1) is 6.09. The molecule has 0 aliphatic rings. The van der Waals surface area contributed by atoms with Gasteiger partial charge in [-0.05, 0) is 46.7 Å². The SMILES string of the molecule is NC(Cc1ccc(I)cc1)C(O)O. The van der Waals surface area contributed by atoms with Gasteiger partial charge in [-0.15, -0.1) is 0 Å². The van der Waals surface area contributed by atoms with E-state index < -0.39 is 12.3 Å². The third kappa shape index (κ3) is 3.60. The molecule has 1 aromatic carbocycles. The van der Waals surface area contributed by atoms with Gasteiger partial charge in [0.1, 0.15) is 0 Å². The van der Waals surface area contributed by atoms with Gasteiger partial charge in [-0.3, -0.25) is 0 Å². The highest BCUT2D eigenvalue weighted by Gasteiger charge is 2.11. The fraction of sp³-hybridized carbons (Fsp3) is 0.333. The molecule has 0 fully saturated rings. The van der Waals surface area contributed by atoms with Gasteiger partial charge in [0.15, 0.2) is 6.29 Å². The number of hydrogen-bond acceptors (Lipinski definition) is 3. The maximum absolute atomic E-state index is 8.77. The lowest BCUT2D eigenvalue weighted by Gasteiger charge is -2.13. The number of rotatable bonds is 3. The van der Waals surface area contributed by atoms with E-state index in [1.165, 1.54) is 0 Å². The van der Waals surface area contributed by atoms with Gasteiger partial charge in [0.25, 0.3) is 0 Å². The molecule has 0 aliphatic carbocycles. The fourth-order valence-corrected chi connectivity index (χ4v) is 1.36. The summed E-state index contributed by atoms with van der Waals surface area (Å²) >= 11 is 2.21. The number of benzene rings is 1. The van der Waals surface area contributed by atoms with E-state index in [-0.39, 0.29) is 0 Å². The van der Waals surface area contributed by atoms with Crippen LogP contribution in [0, 0.1) is 3.57 Å². The van der Waals surface area contributed by atoms with Crippen LogP contribution < -0.4 is 5.73 Å². The first kappa shape index (κ1) is 10.9. The van der Waals surface area contributed by atoms with Crippen LogP contribution >= 0.6 is 22.6 Å². The minimum absolute atomic E-state index is 0.481. The Morgan fingerprint density at radius 2 is 1.77 bits per heavy atom. The highest BCUT2D eigenvalue weighted by Crippen LogP contribution is 2.08. The van der Waals surface area contributed by atoms with Crippen LogP contribution in [0.3, 0.4) is 0 Å². The molecule has 13 heavy (non-hydrogen) atoms. The molecule has 1 unspecified atom stereocenters. The third-order valence-corrected chi connectivity index (χ3v) is 2.49. The van der Waals surface area contributed by atoms with Crippen molar-refractivity contribution in [2.75, 3.05) is 0 Å². The average molecular weight is 293 g/mol. The van der Waals surface area contributed by atoms with Gasteiger partial charge in [0.05, 0.1) is 6.04 Å². The average Bonchev–Trinajstić information content (AvgIpc) is 2.08. The molecule has 0 bridgehead atoms. The number of nitrogens with two attached hydrogens (primary N) is 1. The number of aliphatic hydroxyl groups is 2. The standard InChI is InChI=1S/C9H12INO2/c10-7-3-1-6(2-4-7)5-8(11)9(12)13/h1-4,8-9,12-13H,5,11H2. The Balaban J connectivity index is 2.59. The Bertz CT molecular complexity index is 261. The lowest BCUT2D eigenvalue weighted by atomic mass is 10.1. The monoisotopic (exact) mass is 293 g/mol. The van der Waals surface area contributed by atoms with E-state index in [0.29, 0.717) is 6.42 Å². The van der Waals surface area contributed by atoms with Gasteiger partial charge in [-0.2, -0.15) is 0 Å². The van der Waals surface area contributed by atoms with E-state index in [4.69, 9.17) is 15.9 Å². The smallest absolute Gasteiger partial charge is 0.167 e. The van der Waals surface area contributed by atoms with E-state index in [1.807, 2.05) is 24.3 Å². The van der Waals surface area contributed by atoms with Crippen molar-refractivity contribution >= 4 is 22.6 Å². The Kier molecular flexibility index (Phi) is 4.11. The van der Waals surface area contributed by atoms with Crippen molar-refractivity contribution in [1.29, 1.82) is 0 Å². The van der Waals surface area contributed by atoms with Crippen LogP contribution in [0.4, 0.5) is 0 Å². The number of halogens is 1. The zero-order valence-electron chi connectivity index (χ0n) is 7.02. The molecule has 0 spiro atoms. The van der Waals surface area contributed by atoms with Gasteiger partial charge >= 0.3 is 0 Å². The molecule has 0 saturated heterocycles. The summed E-state index contributed by atoms with van der Waals surface area (Å²) in [5, 5.41) is 17.5. The molecule has 1 aromatic rings. The van der Waals surface area contributed by atoms with Crippen LogP contribution in [0.25, 0.3) is 0 Å². The van der Waals surface area contributed by atoms with Crippen molar-refractivity contribution in [3.05, 3.63) is 33.4 Å². The van der Waals surface area contributed by atoms with E-state index in [9.17, 15) is 0 Å². The summed E-state index contributed by atoms with van der Waals surface area (Å²) in [6, 6.07) is 7.19. The molecule has 0 saturated carbocycles. The lowest BCUT2D eigenvalue weighted by Crippen LogP contribution is -2.36. The molecular weight excluding hydrogens is 281 g/mol. The minimum atomic E-state index is -1.45. The van der Waals surface area contributed by atoms with Crippen molar-refractivity contribution in [3.63, 3.8) is 0 Å². The maximum Gasteiger partial charge on any atom is 0.167 e. The summed E-state index contributed by atoms with van der Waals surface area (Å²) in [4.78, 5) is 0. The van der Waals surface area contributed by atoms with E-state index in [1.54, 1.807) is 0 Å². The molecule has 72 valence electrons. The van der Waals surface area contributed by atoms with Gasteiger partial charge < -0.3 is 15.9 Å². The lowest BCUT2D eigenvalue weighted by molar-refractivity contribution is -0.0577. The second-order valence-electron chi connectivity index (χ2n) is 2.91. The Morgan fingerprint density at radius 1 is 1.23 bits per heavy atom. The van der Waals surface area contributed by atoms with Gasteiger partial charge in [-0.25, -0.2) is 0 Å². The summed E-state index contributed by atoms with van der Waals surface area (Å²) < 4.78 is 1.15. The fourth-order valence-electron chi connectivity index (χ4n) is 0.998. The van der Waals surface area contributed by atoms with Crippen molar-refractivity contribution in [2.45, 2.75) is 18.8 Å². The molecule has 1 atom stereocenters. The predicted molar refractivity (Wildman–Crippen MR) is 59.1 cm³/mol. The van der Waals surface area contributed by atoms with Crippen LogP contribution in [-0.4, -0.2) is 22.5 Å². The second kappa shape index (κ2) is 4.90. The molecule has 0 radical (unpaired) electrons. The maximum atomic E-state index is 8.77. The van der Waals surface area contributed by atoms with Crippen LogP contribution in [0.2, 0.25) is 0 Å². The van der Waals surface area contributed by atoms with Gasteiger partial charge in [0, 0.05) is 3.57 Å². The summed E-state index contributed by atoms with van der Waals surface area (Å²) in [6.45, 7) is 0. The normalized spacial score (nSPS) is 13.3. The van der Waals surface area contributed by atoms with E-state index in [0.717, 1.165) is 9.13 Å².